The number of hydrogen-bond acceptors (Lipinski definition) is 6. The SMILES string of the molecule is CC(=O)N1c2ccc(C)cc2-c2nnc(SCC(C)C)nc2O[C@@H]1c1ccc(Br)cc1. The molecule has 1 aliphatic heterocycles. The molecule has 0 radical (unpaired) electrons. The Morgan fingerprint density at radius 3 is 2.61 bits per heavy atom. The third kappa shape index (κ3) is 4.60. The molecule has 0 saturated carbocycles. The Morgan fingerprint density at radius 2 is 1.94 bits per heavy atom. The van der Waals surface area contributed by atoms with E-state index in [-0.39, 0.29) is 5.91 Å². The normalized spacial score (nSPS) is 15.2. The lowest BCUT2D eigenvalue weighted by atomic mass is 10.0. The molecule has 1 amide bonds. The van der Waals surface area contributed by atoms with Crippen LogP contribution in [0.2, 0.25) is 0 Å². The van der Waals surface area contributed by atoms with Gasteiger partial charge in [0.05, 0.1) is 5.69 Å². The number of amides is 1. The number of anilines is 1. The lowest BCUT2D eigenvalue weighted by Crippen LogP contribution is -2.36. The summed E-state index contributed by atoms with van der Waals surface area (Å²) in [5, 5.41) is 9.36. The van der Waals surface area contributed by atoms with E-state index in [9.17, 15) is 4.79 Å². The van der Waals surface area contributed by atoms with E-state index in [4.69, 9.17) is 4.74 Å². The highest BCUT2D eigenvalue weighted by atomic mass is 79.9. The van der Waals surface area contributed by atoms with Gasteiger partial charge in [0.2, 0.25) is 23.2 Å². The van der Waals surface area contributed by atoms with E-state index in [2.05, 4.69) is 45.0 Å². The van der Waals surface area contributed by atoms with E-state index in [1.165, 1.54) is 6.92 Å². The largest absolute Gasteiger partial charge is 0.447 e. The second-order valence-electron chi connectivity index (χ2n) is 7.88. The van der Waals surface area contributed by atoms with Crippen LogP contribution in [-0.2, 0) is 4.79 Å². The first-order chi connectivity index (χ1) is 14.8. The topological polar surface area (TPSA) is 68.2 Å². The number of carbonyl (C=O) groups excluding carboxylic acids is 1. The number of aryl methyl sites for hydroxylation is 1. The number of carbonyl (C=O) groups is 1. The smallest absolute Gasteiger partial charge is 0.247 e. The highest BCUT2D eigenvalue weighted by Crippen LogP contribution is 2.44. The van der Waals surface area contributed by atoms with E-state index in [0.29, 0.717) is 22.6 Å². The molecule has 0 aliphatic carbocycles. The van der Waals surface area contributed by atoms with Crippen molar-refractivity contribution in [2.24, 2.45) is 5.92 Å². The highest BCUT2D eigenvalue weighted by molar-refractivity contribution is 9.10. The number of rotatable bonds is 4. The number of ether oxygens (including phenoxy) is 1. The average Bonchev–Trinajstić information content (AvgIpc) is 2.86. The van der Waals surface area contributed by atoms with E-state index in [1.807, 2.05) is 49.4 Å². The zero-order chi connectivity index (χ0) is 22.1. The van der Waals surface area contributed by atoms with Gasteiger partial charge in [0.1, 0.15) is 0 Å². The van der Waals surface area contributed by atoms with Gasteiger partial charge >= 0.3 is 0 Å². The third-order valence-electron chi connectivity index (χ3n) is 4.80. The van der Waals surface area contributed by atoms with Crippen LogP contribution in [0.3, 0.4) is 0 Å². The second kappa shape index (κ2) is 8.96. The molecule has 0 saturated heterocycles. The van der Waals surface area contributed by atoms with E-state index in [0.717, 1.165) is 32.6 Å². The summed E-state index contributed by atoms with van der Waals surface area (Å²) < 4.78 is 7.34. The molecule has 2 heterocycles. The maximum atomic E-state index is 12.8. The van der Waals surface area contributed by atoms with Crippen LogP contribution in [0.25, 0.3) is 11.3 Å². The van der Waals surface area contributed by atoms with Gasteiger partial charge in [-0.25, -0.2) is 0 Å². The van der Waals surface area contributed by atoms with Crippen LogP contribution in [0.5, 0.6) is 5.88 Å². The Kier molecular flexibility index (Phi) is 6.29. The number of fused-ring (bicyclic) bond motifs is 3. The van der Waals surface area contributed by atoms with Gasteiger partial charge in [-0.2, -0.15) is 4.98 Å². The number of thioether (sulfide) groups is 1. The predicted octanol–water partition coefficient (Wildman–Crippen LogP) is 5.80. The van der Waals surface area contributed by atoms with Gasteiger partial charge in [-0.1, -0.05) is 65.3 Å². The molecule has 4 rings (SSSR count). The van der Waals surface area contributed by atoms with Gasteiger partial charge in [0.25, 0.3) is 0 Å². The molecule has 6 nitrogen and oxygen atoms in total. The summed E-state index contributed by atoms with van der Waals surface area (Å²) in [7, 11) is 0. The lowest BCUT2D eigenvalue weighted by molar-refractivity contribution is -0.118. The van der Waals surface area contributed by atoms with Crippen molar-refractivity contribution in [1.29, 1.82) is 0 Å². The number of halogens is 1. The van der Waals surface area contributed by atoms with Gasteiger partial charge in [-0.15, -0.1) is 10.2 Å². The Balaban J connectivity index is 1.89. The first-order valence-electron chi connectivity index (χ1n) is 10.0. The number of hydrogen-bond donors (Lipinski definition) is 0. The minimum Gasteiger partial charge on any atom is -0.447 e. The van der Waals surface area contributed by atoms with E-state index >= 15 is 0 Å². The molecule has 31 heavy (non-hydrogen) atoms. The quantitative estimate of drug-likeness (QED) is 0.423. The molecule has 1 atom stereocenters. The Labute approximate surface area is 194 Å². The Morgan fingerprint density at radius 1 is 1.19 bits per heavy atom. The summed E-state index contributed by atoms with van der Waals surface area (Å²) in [5.41, 5.74) is 3.94. The fourth-order valence-corrected chi connectivity index (χ4v) is 4.36. The summed E-state index contributed by atoms with van der Waals surface area (Å²) in [5.74, 6) is 1.63. The van der Waals surface area contributed by atoms with Crippen molar-refractivity contribution in [3.05, 3.63) is 58.1 Å². The summed E-state index contributed by atoms with van der Waals surface area (Å²) in [6.45, 7) is 7.84. The standard InChI is InChI=1S/C23H23BrN4O2S/c1-13(2)12-31-23-25-21-20(26-27-23)18-11-14(3)5-10-19(18)28(15(4)29)22(30-21)16-6-8-17(24)9-7-16/h5-11,13,22H,12H2,1-4H3/t22-/m1/s1. The molecule has 1 aliphatic rings. The minimum atomic E-state index is -0.673. The lowest BCUT2D eigenvalue weighted by Gasteiger charge is -2.30. The first-order valence-corrected chi connectivity index (χ1v) is 11.8. The molecule has 0 unspecified atom stereocenters. The molecule has 3 aromatic rings. The maximum absolute atomic E-state index is 12.8. The summed E-state index contributed by atoms with van der Waals surface area (Å²) in [6, 6.07) is 13.6. The van der Waals surface area contributed by atoms with Gasteiger partial charge in [0, 0.05) is 28.3 Å². The molecular formula is C23H23BrN4O2S. The van der Waals surface area contributed by atoms with Gasteiger partial charge in [-0.05, 0) is 37.1 Å². The fraction of sp³-hybridized carbons (Fsp3) is 0.304. The third-order valence-corrected chi connectivity index (χ3v) is 6.59. The van der Waals surface area contributed by atoms with E-state index in [1.54, 1.807) is 16.7 Å². The maximum Gasteiger partial charge on any atom is 0.247 e. The second-order valence-corrected chi connectivity index (χ2v) is 9.79. The van der Waals surface area contributed by atoms with Crippen LogP contribution in [0, 0.1) is 12.8 Å². The van der Waals surface area contributed by atoms with Crippen molar-refractivity contribution in [2.75, 3.05) is 10.7 Å². The van der Waals surface area contributed by atoms with Crippen molar-refractivity contribution in [1.82, 2.24) is 15.2 Å². The summed E-state index contributed by atoms with van der Waals surface area (Å²) in [4.78, 5) is 19.2. The van der Waals surface area contributed by atoms with E-state index < -0.39 is 6.23 Å². The fourth-order valence-electron chi connectivity index (χ4n) is 3.36. The minimum absolute atomic E-state index is 0.131. The molecule has 0 bridgehead atoms. The van der Waals surface area contributed by atoms with Crippen LogP contribution < -0.4 is 9.64 Å². The molecule has 0 spiro atoms. The van der Waals surface area contributed by atoms with Crippen molar-refractivity contribution < 1.29 is 9.53 Å². The summed E-state index contributed by atoms with van der Waals surface area (Å²) in [6.07, 6.45) is -0.673. The molecule has 8 heteroatoms. The van der Waals surface area contributed by atoms with Gasteiger partial charge in [0.15, 0.2) is 5.69 Å². The number of benzene rings is 2. The Bertz CT molecular complexity index is 1120. The van der Waals surface area contributed by atoms with Crippen LogP contribution in [0.1, 0.15) is 38.1 Å². The van der Waals surface area contributed by atoms with Crippen molar-refractivity contribution in [3.63, 3.8) is 0 Å². The molecule has 0 N–H and O–H groups in total. The molecular weight excluding hydrogens is 476 g/mol. The monoisotopic (exact) mass is 498 g/mol. The number of nitrogens with zero attached hydrogens (tertiary/aromatic N) is 4. The van der Waals surface area contributed by atoms with Gasteiger partial charge in [-0.3, -0.25) is 9.69 Å². The van der Waals surface area contributed by atoms with Crippen LogP contribution >= 0.6 is 27.7 Å². The summed E-state index contributed by atoms with van der Waals surface area (Å²) >= 11 is 5.02. The first kappa shape index (κ1) is 21.8. The highest BCUT2D eigenvalue weighted by Gasteiger charge is 2.34. The zero-order valence-corrected chi connectivity index (χ0v) is 20.2. The van der Waals surface area contributed by atoms with Crippen molar-refractivity contribution in [3.8, 4) is 17.1 Å². The predicted molar refractivity (Wildman–Crippen MR) is 126 cm³/mol. The zero-order valence-electron chi connectivity index (χ0n) is 17.8. The van der Waals surface area contributed by atoms with Crippen LogP contribution in [0.15, 0.2) is 52.1 Å². The van der Waals surface area contributed by atoms with Crippen LogP contribution in [-0.4, -0.2) is 26.8 Å². The van der Waals surface area contributed by atoms with Crippen molar-refractivity contribution >= 4 is 39.3 Å². The molecule has 1 aromatic heterocycles. The number of aromatic nitrogens is 3. The van der Waals surface area contributed by atoms with Gasteiger partial charge < -0.3 is 4.74 Å². The molecule has 2 aromatic carbocycles. The molecule has 160 valence electrons. The van der Waals surface area contributed by atoms with Crippen molar-refractivity contribution in [2.45, 2.75) is 39.1 Å². The Hall–Kier alpha value is -2.45. The molecule has 0 fully saturated rings. The van der Waals surface area contributed by atoms with Crippen LogP contribution in [0.4, 0.5) is 5.69 Å². The average molecular weight is 499 g/mol.